The molecule has 3 heterocycles. The lowest BCUT2D eigenvalue weighted by Gasteiger charge is -2.33. The molecule has 4 heteroatoms. The number of hydrogen-bond acceptors (Lipinski definition) is 3. The summed E-state index contributed by atoms with van der Waals surface area (Å²) < 4.78 is 0. The highest BCUT2D eigenvalue weighted by molar-refractivity contribution is 8.05. The number of halogens is 1. The Bertz CT molecular complexity index is 492. The summed E-state index contributed by atoms with van der Waals surface area (Å²) in [6, 6.07) is 0.700. The third kappa shape index (κ3) is 2.07. The summed E-state index contributed by atoms with van der Waals surface area (Å²) in [6.07, 6.45) is 5.23. The fourth-order valence-corrected chi connectivity index (χ4v) is 4.85. The lowest BCUT2D eigenvalue weighted by atomic mass is 9.93. The van der Waals surface area contributed by atoms with Crippen molar-refractivity contribution >= 4 is 24.2 Å². The fourth-order valence-electron chi connectivity index (χ4n) is 3.82. The second-order valence-electron chi connectivity index (χ2n) is 5.82. The molecule has 3 aliphatic heterocycles. The van der Waals surface area contributed by atoms with E-state index in [9.17, 15) is 0 Å². The molecule has 0 radical (unpaired) electrons. The van der Waals surface area contributed by atoms with Crippen LogP contribution in [0.5, 0.6) is 0 Å². The van der Waals surface area contributed by atoms with Crippen molar-refractivity contribution in [3.05, 3.63) is 32.7 Å². The van der Waals surface area contributed by atoms with Gasteiger partial charge in [-0.3, -0.25) is 0 Å². The van der Waals surface area contributed by atoms with E-state index in [2.05, 4.69) is 22.5 Å². The van der Waals surface area contributed by atoms with Gasteiger partial charge in [0.15, 0.2) is 0 Å². The van der Waals surface area contributed by atoms with Crippen LogP contribution in [0.25, 0.3) is 0 Å². The van der Waals surface area contributed by atoms with Gasteiger partial charge in [-0.1, -0.05) is 0 Å². The van der Waals surface area contributed by atoms with Gasteiger partial charge in [-0.15, -0.1) is 24.2 Å². The Morgan fingerprint density at radius 3 is 3.16 bits per heavy atom. The normalized spacial score (nSPS) is 29.4. The Morgan fingerprint density at radius 1 is 1.37 bits per heavy atom. The van der Waals surface area contributed by atoms with Crippen LogP contribution in [0.1, 0.15) is 32.6 Å². The van der Waals surface area contributed by atoms with E-state index >= 15 is 0 Å². The first-order valence-corrected chi connectivity index (χ1v) is 7.97. The molecule has 1 fully saturated rings. The smallest absolute Gasteiger partial charge is 0.0537 e. The van der Waals surface area contributed by atoms with Crippen molar-refractivity contribution in [3.8, 4) is 0 Å². The molecule has 1 unspecified atom stereocenters. The second kappa shape index (κ2) is 5.19. The molecule has 4 rings (SSSR count). The predicted octanol–water partition coefficient (Wildman–Crippen LogP) is 3.43. The van der Waals surface area contributed by atoms with Gasteiger partial charge in [-0.2, -0.15) is 0 Å². The zero-order chi connectivity index (χ0) is 12.1. The van der Waals surface area contributed by atoms with Gasteiger partial charge in [0.1, 0.15) is 0 Å². The third-order valence-electron chi connectivity index (χ3n) is 4.57. The quantitative estimate of drug-likeness (QED) is 0.737. The number of nitrogens with one attached hydrogen (secondary N) is 1. The van der Waals surface area contributed by atoms with Gasteiger partial charge < -0.3 is 10.2 Å². The average molecular weight is 297 g/mol. The van der Waals surface area contributed by atoms with Gasteiger partial charge in [-0.05, 0) is 61.3 Å². The summed E-state index contributed by atoms with van der Waals surface area (Å²) in [4.78, 5) is 4.35. The molecule has 1 aliphatic carbocycles. The summed E-state index contributed by atoms with van der Waals surface area (Å²) in [7, 11) is 0. The summed E-state index contributed by atoms with van der Waals surface area (Å²) >= 11 is 1.99. The molecule has 1 saturated heterocycles. The van der Waals surface area contributed by atoms with E-state index in [4.69, 9.17) is 0 Å². The van der Waals surface area contributed by atoms with Crippen LogP contribution in [0.3, 0.4) is 0 Å². The molecule has 0 amide bonds. The highest BCUT2D eigenvalue weighted by atomic mass is 35.5. The number of rotatable bonds is 0. The summed E-state index contributed by atoms with van der Waals surface area (Å²) in [5.41, 5.74) is 6.56. The van der Waals surface area contributed by atoms with Gasteiger partial charge in [-0.25, -0.2) is 0 Å². The van der Waals surface area contributed by atoms with Crippen LogP contribution >= 0.6 is 24.2 Å². The zero-order valence-corrected chi connectivity index (χ0v) is 13.0. The summed E-state index contributed by atoms with van der Waals surface area (Å²) in [5.74, 6) is 0. The molecule has 2 nitrogen and oxygen atoms in total. The lowest BCUT2D eigenvalue weighted by molar-refractivity contribution is 0.294. The average Bonchev–Trinajstić information content (AvgIpc) is 2.61. The molecule has 0 saturated carbocycles. The van der Waals surface area contributed by atoms with Gasteiger partial charge >= 0.3 is 0 Å². The minimum absolute atomic E-state index is 0. The molecular formula is C15H21ClN2S. The fraction of sp³-hybridized carbons (Fsp3) is 0.600. The van der Waals surface area contributed by atoms with E-state index in [-0.39, 0.29) is 12.4 Å². The van der Waals surface area contributed by atoms with E-state index < -0.39 is 0 Å². The van der Waals surface area contributed by atoms with Crippen LogP contribution in [0.15, 0.2) is 32.7 Å². The molecule has 0 aromatic carbocycles. The maximum Gasteiger partial charge on any atom is 0.0537 e. The van der Waals surface area contributed by atoms with E-state index in [1.165, 1.54) is 37.8 Å². The molecule has 0 aromatic heterocycles. The largest absolute Gasteiger partial charge is 0.360 e. The van der Waals surface area contributed by atoms with Crippen LogP contribution < -0.4 is 5.32 Å². The van der Waals surface area contributed by atoms with E-state index in [0.29, 0.717) is 6.04 Å². The van der Waals surface area contributed by atoms with Gasteiger partial charge in [0, 0.05) is 18.0 Å². The zero-order valence-electron chi connectivity index (χ0n) is 11.4. The number of allylic oxidation sites excluding steroid dienone is 2. The van der Waals surface area contributed by atoms with Gasteiger partial charge in [0.05, 0.1) is 11.7 Å². The first kappa shape index (κ1) is 13.6. The van der Waals surface area contributed by atoms with E-state index in [1.54, 1.807) is 21.7 Å². The van der Waals surface area contributed by atoms with Gasteiger partial charge in [0.2, 0.25) is 0 Å². The molecule has 19 heavy (non-hydrogen) atoms. The van der Waals surface area contributed by atoms with Crippen molar-refractivity contribution in [3.63, 3.8) is 0 Å². The number of thioether (sulfide) groups is 1. The van der Waals surface area contributed by atoms with Gasteiger partial charge in [0.25, 0.3) is 0 Å². The third-order valence-corrected chi connectivity index (χ3v) is 5.77. The molecule has 0 bridgehead atoms. The Morgan fingerprint density at radius 2 is 2.26 bits per heavy atom. The molecule has 1 N–H and O–H groups in total. The standard InChI is InChI=1S/C15H20N2S.ClH/c1-10-8-17-13-5-6-16-7-12(13)11-3-2-4-14(15(11)17)18-9-10;/h9,13,16H,2-8H2,1H3;1H. The Hall–Kier alpha value is -0.380. The second-order valence-corrected chi connectivity index (χ2v) is 6.78. The Kier molecular flexibility index (Phi) is 3.71. The van der Waals surface area contributed by atoms with E-state index in [0.717, 1.165) is 13.1 Å². The van der Waals surface area contributed by atoms with Crippen LogP contribution in [-0.2, 0) is 0 Å². The molecule has 0 aromatic rings. The van der Waals surface area contributed by atoms with Crippen LogP contribution in [0, 0.1) is 0 Å². The number of piperidine rings is 1. The first-order chi connectivity index (χ1) is 8.84. The van der Waals surface area contributed by atoms with Crippen molar-refractivity contribution < 1.29 is 0 Å². The number of nitrogens with zero attached hydrogens (tertiary/aromatic N) is 1. The minimum atomic E-state index is 0. The highest BCUT2D eigenvalue weighted by Crippen LogP contribution is 2.48. The van der Waals surface area contributed by atoms with Crippen molar-refractivity contribution in [2.24, 2.45) is 0 Å². The molecule has 1 atom stereocenters. The number of fused-ring (bicyclic) bond motifs is 2. The van der Waals surface area contributed by atoms with Crippen molar-refractivity contribution in [2.75, 3.05) is 19.6 Å². The van der Waals surface area contributed by atoms with Crippen LogP contribution in [-0.4, -0.2) is 30.6 Å². The summed E-state index contributed by atoms with van der Waals surface area (Å²) in [6.45, 7) is 5.73. The monoisotopic (exact) mass is 296 g/mol. The Balaban J connectivity index is 0.00000110. The van der Waals surface area contributed by atoms with E-state index in [1.807, 2.05) is 11.8 Å². The first-order valence-electron chi connectivity index (χ1n) is 7.09. The van der Waals surface area contributed by atoms with Crippen molar-refractivity contribution in [1.82, 2.24) is 10.2 Å². The maximum absolute atomic E-state index is 3.57. The molecular weight excluding hydrogens is 276 g/mol. The molecule has 4 aliphatic rings. The van der Waals surface area contributed by atoms with Crippen LogP contribution in [0.4, 0.5) is 0 Å². The lowest BCUT2D eigenvalue weighted by Crippen LogP contribution is -2.41. The Labute approximate surface area is 125 Å². The molecule has 104 valence electrons. The molecule has 0 spiro atoms. The van der Waals surface area contributed by atoms with Crippen molar-refractivity contribution in [2.45, 2.75) is 38.6 Å². The minimum Gasteiger partial charge on any atom is -0.360 e. The topological polar surface area (TPSA) is 15.3 Å². The van der Waals surface area contributed by atoms with Crippen LogP contribution in [0.2, 0.25) is 0 Å². The summed E-state index contributed by atoms with van der Waals surface area (Å²) in [5, 5.41) is 5.95. The SMILES string of the molecule is CC1=CSC2=C3C(=C4CNCCC4N3C1)CCC2.Cl. The maximum atomic E-state index is 3.57. The van der Waals surface area contributed by atoms with Crippen molar-refractivity contribution in [1.29, 1.82) is 0 Å². The number of hydrogen-bond donors (Lipinski definition) is 1. The highest BCUT2D eigenvalue weighted by Gasteiger charge is 2.40. The predicted molar refractivity (Wildman–Crippen MR) is 84.5 cm³/mol.